The third-order valence-electron chi connectivity index (χ3n) is 2.18. The molecule has 14 heavy (non-hydrogen) atoms. The van der Waals surface area contributed by atoms with Gasteiger partial charge < -0.3 is 5.73 Å². The van der Waals surface area contributed by atoms with Crippen molar-refractivity contribution >= 4 is 17.2 Å². The first-order chi connectivity index (χ1) is 6.59. The topological polar surface area (TPSA) is 43.3 Å². The maximum atomic E-state index is 6.12. The minimum Gasteiger partial charge on any atom is -0.323 e. The number of hydrogen-bond acceptors (Lipinski definition) is 2. The SMILES string of the molecule is Cc1ccn2c(Cl)c(C(C)N)nc2c1. The van der Waals surface area contributed by atoms with Gasteiger partial charge >= 0.3 is 0 Å². The lowest BCUT2D eigenvalue weighted by Crippen LogP contribution is -2.05. The van der Waals surface area contributed by atoms with Crippen LogP contribution >= 0.6 is 11.6 Å². The molecule has 1 atom stereocenters. The molecular weight excluding hydrogens is 198 g/mol. The van der Waals surface area contributed by atoms with E-state index in [1.807, 2.05) is 36.6 Å². The number of hydrogen-bond donors (Lipinski definition) is 1. The lowest BCUT2D eigenvalue weighted by molar-refractivity contribution is 0.790. The number of nitrogens with zero attached hydrogens (tertiary/aromatic N) is 2. The van der Waals surface area contributed by atoms with Crippen molar-refractivity contribution in [1.82, 2.24) is 9.38 Å². The van der Waals surface area contributed by atoms with Crippen LogP contribution in [0.2, 0.25) is 5.15 Å². The van der Waals surface area contributed by atoms with E-state index in [0.29, 0.717) is 5.15 Å². The Bertz CT molecular complexity index is 473. The van der Waals surface area contributed by atoms with E-state index in [9.17, 15) is 0 Å². The van der Waals surface area contributed by atoms with Crippen LogP contribution in [0.4, 0.5) is 0 Å². The van der Waals surface area contributed by atoms with Crippen molar-refractivity contribution in [3.8, 4) is 0 Å². The Labute approximate surface area is 87.5 Å². The molecule has 2 aromatic heterocycles. The van der Waals surface area contributed by atoms with Gasteiger partial charge in [0.15, 0.2) is 0 Å². The van der Waals surface area contributed by atoms with Gasteiger partial charge in [-0.2, -0.15) is 0 Å². The molecule has 0 amide bonds. The zero-order chi connectivity index (χ0) is 10.3. The van der Waals surface area contributed by atoms with Gasteiger partial charge in [-0.25, -0.2) is 4.98 Å². The number of fused-ring (bicyclic) bond motifs is 1. The zero-order valence-electron chi connectivity index (χ0n) is 8.16. The molecule has 0 bridgehead atoms. The fourth-order valence-electron chi connectivity index (χ4n) is 1.42. The van der Waals surface area contributed by atoms with Gasteiger partial charge in [0.2, 0.25) is 0 Å². The monoisotopic (exact) mass is 209 g/mol. The fraction of sp³-hybridized carbons (Fsp3) is 0.300. The van der Waals surface area contributed by atoms with Crippen LogP contribution in [0, 0.1) is 6.92 Å². The highest BCUT2D eigenvalue weighted by Gasteiger charge is 2.12. The average molecular weight is 210 g/mol. The van der Waals surface area contributed by atoms with Crippen LogP contribution in [0.5, 0.6) is 0 Å². The molecule has 0 aliphatic carbocycles. The first-order valence-electron chi connectivity index (χ1n) is 4.49. The highest BCUT2D eigenvalue weighted by molar-refractivity contribution is 6.30. The Hall–Kier alpha value is -1.06. The summed E-state index contributed by atoms with van der Waals surface area (Å²) in [6.45, 7) is 3.90. The lowest BCUT2D eigenvalue weighted by Gasteiger charge is -1.99. The van der Waals surface area contributed by atoms with Gasteiger partial charge in [0.1, 0.15) is 10.8 Å². The van der Waals surface area contributed by atoms with Crippen molar-refractivity contribution in [2.75, 3.05) is 0 Å². The predicted molar refractivity (Wildman–Crippen MR) is 57.5 cm³/mol. The Kier molecular flexibility index (Phi) is 2.21. The van der Waals surface area contributed by atoms with Crippen LogP contribution in [0.15, 0.2) is 18.3 Å². The van der Waals surface area contributed by atoms with Gasteiger partial charge in [0, 0.05) is 12.2 Å². The summed E-state index contributed by atoms with van der Waals surface area (Å²) < 4.78 is 1.84. The minimum absolute atomic E-state index is 0.136. The van der Waals surface area contributed by atoms with Crippen molar-refractivity contribution in [3.05, 3.63) is 34.7 Å². The number of halogens is 1. The Balaban J connectivity index is 2.73. The number of nitrogens with two attached hydrogens (primary N) is 1. The lowest BCUT2D eigenvalue weighted by atomic mass is 10.3. The second kappa shape index (κ2) is 3.26. The second-order valence-corrected chi connectivity index (χ2v) is 3.87. The second-order valence-electron chi connectivity index (χ2n) is 3.51. The maximum Gasteiger partial charge on any atom is 0.138 e. The molecule has 1 unspecified atom stereocenters. The van der Waals surface area contributed by atoms with Gasteiger partial charge in [-0.15, -0.1) is 0 Å². The molecule has 0 spiro atoms. The van der Waals surface area contributed by atoms with E-state index in [4.69, 9.17) is 17.3 Å². The largest absolute Gasteiger partial charge is 0.323 e. The standard InChI is InChI=1S/C10H12ClN3/c1-6-3-4-14-8(5-6)13-9(7(2)12)10(14)11/h3-5,7H,12H2,1-2H3. The molecule has 2 rings (SSSR count). The van der Waals surface area contributed by atoms with Crippen LogP contribution in [0.25, 0.3) is 5.65 Å². The average Bonchev–Trinajstić information content (AvgIpc) is 2.43. The van der Waals surface area contributed by atoms with Gasteiger partial charge in [-0.1, -0.05) is 11.6 Å². The molecule has 0 aromatic carbocycles. The normalized spacial score (nSPS) is 13.4. The number of aryl methyl sites for hydroxylation is 1. The summed E-state index contributed by atoms with van der Waals surface area (Å²) in [6.07, 6.45) is 1.91. The van der Waals surface area contributed by atoms with E-state index in [1.54, 1.807) is 0 Å². The molecule has 0 fully saturated rings. The number of rotatable bonds is 1. The van der Waals surface area contributed by atoms with Crippen LogP contribution in [0.1, 0.15) is 24.2 Å². The molecule has 74 valence electrons. The molecule has 4 heteroatoms. The van der Waals surface area contributed by atoms with Crippen molar-refractivity contribution in [2.24, 2.45) is 5.73 Å². The molecule has 3 nitrogen and oxygen atoms in total. The summed E-state index contributed by atoms with van der Waals surface area (Å²) in [6, 6.07) is 3.84. The van der Waals surface area contributed by atoms with Crippen molar-refractivity contribution in [1.29, 1.82) is 0 Å². The first-order valence-corrected chi connectivity index (χ1v) is 4.87. The molecule has 0 aliphatic heterocycles. The van der Waals surface area contributed by atoms with Crippen LogP contribution in [-0.2, 0) is 0 Å². The maximum absolute atomic E-state index is 6.12. The summed E-state index contributed by atoms with van der Waals surface area (Å²) in [5.74, 6) is 0. The van der Waals surface area contributed by atoms with Crippen molar-refractivity contribution in [2.45, 2.75) is 19.9 Å². The summed E-state index contributed by atoms with van der Waals surface area (Å²) in [5.41, 5.74) is 8.52. The molecule has 0 saturated heterocycles. The highest BCUT2D eigenvalue weighted by atomic mass is 35.5. The van der Waals surface area contributed by atoms with E-state index >= 15 is 0 Å². The Morgan fingerprint density at radius 1 is 1.57 bits per heavy atom. The Morgan fingerprint density at radius 2 is 2.29 bits per heavy atom. The summed E-state index contributed by atoms with van der Waals surface area (Å²) >= 11 is 6.12. The van der Waals surface area contributed by atoms with Crippen LogP contribution < -0.4 is 5.73 Å². The van der Waals surface area contributed by atoms with Crippen LogP contribution in [-0.4, -0.2) is 9.38 Å². The molecule has 2 aromatic rings. The van der Waals surface area contributed by atoms with Gasteiger partial charge in [-0.3, -0.25) is 4.40 Å². The van der Waals surface area contributed by atoms with Crippen molar-refractivity contribution < 1.29 is 0 Å². The third kappa shape index (κ3) is 1.38. The number of pyridine rings is 1. The quantitative estimate of drug-likeness (QED) is 0.784. The van der Waals surface area contributed by atoms with E-state index in [1.165, 1.54) is 0 Å². The van der Waals surface area contributed by atoms with Gasteiger partial charge in [0.05, 0.1) is 5.69 Å². The molecule has 0 saturated carbocycles. The van der Waals surface area contributed by atoms with E-state index in [0.717, 1.165) is 16.9 Å². The fourth-order valence-corrected chi connectivity index (χ4v) is 1.78. The first kappa shape index (κ1) is 9.49. The zero-order valence-corrected chi connectivity index (χ0v) is 8.92. The summed E-state index contributed by atoms with van der Waals surface area (Å²) in [7, 11) is 0. The molecular formula is C10H12ClN3. The summed E-state index contributed by atoms with van der Waals surface area (Å²) in [4.78, 5) is 4.38. The van der Waals surface area contributed by atoms with Gasteiger partial charge in [-0.05, 0) is 31.5 Å². The molecule has 2 N–H and O–H groups in total. The molecule has 2 heterocycles. The minimum atomic E-state index is -0.136. The molecule has 0 aliphatic rings. The Morgan fingerprint density at radius 3 is 2.93 bits per heavy atom. The highest BCUT2D eigenvalue weighted by Crippen LogP contribution is 2.22. The summed E-state index contributed by atoms with van der Waals surface area (Å²) in [5, 5.41) is 0.606. The van der Waals surface area contributed by atoms with Gasteiger partial charge in [0.25, 0.3) is 0 Å². The van der Waals surface area contributed by atoms with E-state index < -0.39 is 0 Å². The predicted octanol–water partition coefficient (Wildman–Crippen LogP) is 2.32. The number of imidazole rings is 1. The van der Waals surface area contributed by atoms with Crippen LogP contribution in [0.3, 0.4) is 0 Å². The smallest absolute Gasteiger partial charge is 0.138 e. The third-order valence-corrected chi connectivity index (χ3v) is 2.55. The van der Waals surface area contributed by atoms with Crippen molar-refractivity contribution in [3.63, 3.8) is 0 Å². The molecule has 0 radical (unpaired) electrons. The van der Waals surface area contributed by atoms with E-state index in [2.05, 4.69) is 4.98 Å². The van der Waals surface area contributed by atoms with E-state index in [-0.39, 0.29) is 6.04 Å². The number of aromatic nitrogens is 2.